The summed E-state index contributed by atoms with van der Waals surface area (Å²) in [7, 11) is 1.49. The van der Waals surface area contributed by atoms with Crippen molar-refractivity contribution in [2.75, 3.05) is 19.0 Å². The largest absolute Gasteiger partial charge is 0.493 e. The molecular formula is C26H23FN4O4. The van der Waals surface area contributed by atoms with Crippen LogP contribution in [0.1, 0.15) is 24.7 Å². The van der Waals surface area contributed by atoms with E-state index in [9.17, 15) is 14.0 Å². The smallest absolute Gasteiger partial charge is 0.313 e. The summed E-state index contributed by atoms with van der Waals surface area (Å²) in [6.07, 6.45) is 1.45. The van der Waals surface area contributed by atoms with Crippen LogP contribution in [-0.2, 0) is 9.59 Å². The number of carbonyl (C=O) groups excluding carboxylic acids is 2. The van der Waals surface area contributed by atoms with E-state index in [0.29, 0.717) is 30.3 Å². The first kappa shape index (κ1) is 22.4. The normalized spacial score (nSPS) is 15.3. The predicted octanol–water partition coefficient (Wildman–Crippen LogP) is 4.81. The fraction of sp³-hybridized carbons (Fsp3) is 0.192. The second kappa shape index (κ2) is 9.46. The van der Waals surface area contributed by atoms with Gasteiger partial charge in [-0.15, -0.1) is 0 Å². The zero-order valence-corrected chi connectivity index (χ0v) is 19.0. The molecule has 2 N–H and O–H groups in total. The minimum atomic E-state index is -0.842. The highest BCUT2D eigenvalue weighted by molar-refractivity contribution is 6.39. The number of amides is 2. The van der Waals surface area contributed by atoms with Crippen molar-refractivity contribution < 1.29 is 23.5 Å². The highest BCUT2D eigenvalue weighted by atomic mass is 19.1. The summed E-state index contributed by atoms with van der Waals surface area (Å²) < 4.78 is 25.5. The molecule has 1 aliphatic rings. The number of H-pyrrole nitrogens is 1. The highest BCUT2D eigenvalue weighted by Crippen LogP contribution is 2.34. The van der Waals surface area contributed by atoms with E-state index in [1.54, 1.807) is 24.3 Å². The van der Waals surface area contributed by atoms with Crippen molar-refractivity contribution >= 4 is 28.5 Å². The van der Waals surface area contributed by atoms with Crippen molar-refractivity contribution in [1.82, 2.24) is 14.9 Å². The van der Waals surface area contributed by atoms with Crippen LogP contribution < -0.4 is 14.8 Å². The summed E-state index contributed by atoms with van der Waals surface area (Å²) in [4.78, 5) is 35.0. The Labute approximate surface area is 200 Å². The van der Waals surface area contributed by atoms with Crippen LogP contribution in [0.4, 0.5) is 10.1 Å². The first-order valence-corrected chi connectivity index (χ1v) is 11.2. The topological polar surface area (TPSA) is 96.5 Å². The molecule has 4 aromatic rings. The number of imidazole rings is 1. The van der Waals surface area contributed by atoms with E-state index >= 15 is 0 Å². The van der Waals surface area contributed by atoms with Crippen molar-refractivity contribution in [3.8, 4) is 17.2 Å². The number of rotatable bonds is 5. The second-order valence-corrected chi connectivity index (χ2v) is 8.15. The lowest BCUT2D eigenvalue weighted by atomic mass is 10.2. The van der Waals surface area contributed by atoms with Crippen molar-refractivity contribution in [2.24, 2.45) is 0 Å². The van der Waals surface area contributed by atoms with Gasteiger partial charge in [-0.05, 0) is 49.2 Å². The van der Waals surface area contributed by atoms with Crippen LogP contribution in [0.5, 0.6) is 17.2 Å². The van der Waals surface area contributed by atoms with Crippen LogP contribution >= 0.6 is 0 Å². The van der Waals surface area contributed by atoms with E-state index in [2.05, 4.69) is 15.3 Å². The number of methoxy groups -OCH3 is 1. The van der Waals surface area contributed by atoms with Crippen LogP contribution in [0.2, 0.25) is 0 Å². The number of hydrogen-bond acceptors (Lipinski definition) is 5. The third-order valence-corrected chi connectivity index (χ3v) is 5.91. The number of ether oxygens (including phenoxy) is 2. The van der Waals surface area contributed by atoms with Crippen molar-refractivity contribution in [3.05, 3.63) is 78.4 Å². The summed E-state index contributed by atoms with van der Waals surface area (Å²) in [5.74, 6) is -0.806. The van der Waals surface area contributed by atoms with Gasteiger partial charge in [-0.1, -0.05) is 24.3 Å². The van der Waals surface area contributed by atoms with E-state index in [1.807, 2.05) is 24.3 Å². The van der Waals surface area contributed by atoms with Crippen molar-refractivity contribution in [1.29, 1.82) is 0 Å². The second-order valence-electron chi connectivity index (χ2n) is 8.15. The van der Waals surface area contributed by atoms with Gasteiger partial charge in [0.15, 0.2) is 23.1 Å². The van der Waals surface area contributed by atoms with Crippen LogP contribution in [0.15, 0.2) is 66.7 Å². The van der Waals surface area contributed by atoms with Gasteiger partial charge in [0.2, 0.25) is 0 Å². The highest BCUT2D eigenvalue weighted by Gasteiger charge is 2.35. The molecule has 9 heteroatoms. The first-order valence-electron chi connectivity index (χ1n) is 11.2. The third kappa shape index (κ3) is 4.52. The zero-order chi connectivity index (χ0) is 24.4. The number of carbonyl (C=O) groups is 2. The van der Waals surface area contributed by atoms with Crippen molar-refractivity contribution in [3.63, 3.8) is 0 Å². The fourth-order valence-electron chi connectivity index (χ4n) is 4.22. The number of nitrogens with one attached hydrogen (secondary N) is 2. The Bertz CT molecular complexity index is 1370. The number of anilines is 1. The Morgan fingerprint density at radius 1 is 1.06 bits per heavy atom. The molecule has 3 aromatic carbocycles. The van der Waals surface area contributed by atoms with Gasteiger partial charge in [-0.25, -0.2) is 9.37 Å². The molecule has 35 heavy (non-hydrogen) atoms. The molecule has 1 fully saturated rings. The average Bonchev–Trinajstić information content (AvgIpc) is 3.52. The average molecular weight is 474 g/mol. The maximum absolute atomic E-state index is 14.7. The molecule has 1 aromatic heterocycles. The summed E-state index contributed by atoms with van der Waals surface area (Å²) in [6.45, 7) is 0.439. The maximum Gasteiger partial charge on any atom is 0.313 e. The number of nitrogens with zero attached hydrogens (tertiary/aromatic N) is 2. The quantitative estimate of drug-likeness (QED) is 0.405. The minimum absolute atomic E-state index is 0.0386. The number of benzene rings is 3. The molecule has 5 rings (SSSR count). The number of aromatic amines is 1. The molecule has 1 unspecified atom stereocenters. The number of para-hydroxylation sites is 4. The third-order valence-electron chi connectivity index (χ3n) is 5.91. The van der Waals surface area contributed by atoms with Gasteiger partial charge in [0, 0.05) is 18.3 Å². The summed E-state index contributed by atoms with van der Waals surface area (Å²) in [5.41, 5.74) is 1.82. The van der Waals surface area contributed by atoms with Gasteiger partial charge < -0.3 is 24.7 Å². The van der Waals surface area contributed by atoms with Crippen molar-refractivity contribution in [2.45, 2.75) is 18.9 Å². The molecule has 1 saturated heterocycles. The summed E-state index contributed by atoms with van der Waals surface area (Å²) in [6, 6.07) is 18.1. The number of aromatic nitrogens is 2. The van der Waals surface area contributed by atoms with E-state index in [0.717, 1.165) is 23.5 Å². The molecule has 0 saturated carbocycles. The van der Waals surface area contributed by atoms with Gasteiger partial charge in [0.05, 0.1) is 24.2 Å². The van der Waals surface area contributed by atoms with Gasteiger partial charge >= 0.3 is 11.8 Å². The van der Waals surface area contributed by atoms with E-state index < -0.39 is 17.6 Å². The Balaban J connectivity index is 1.28. The number of hydrogen-bond donors (Lipinski definition) is 2. The van der Waals surface area contributed by atoms with Gasteiger partial charge in [0.25, 0.3) is 0 Å². The number of fused-ring (bicyclic) bond motifs is 1. The Morgan fingerprint density at radius 2 is 1.83 bits per heavy atom. The van der Waals surface area contributed by atoms with E-state index in [4.69, 9.17) is 9.47 Å². The standard InChI is InChI=1S/C26H23FN4O4/c1-34-22-10-4-5-11-23(22)35-21-13-12-16(15-17(21)27)28-25(32)26(33)31-14-6-9-20(31)24-29-18-7-2-3-8-19(18)30-24/h2-5,7-8,10-13,15,20H,6,9,14H2,1H3,(H,28,32)(H,29,30). The fourth-order valence-corrected chi connectivity index (χ4v) is 4.22. The van der Waals surface area contributed by atoms with Gasteiger partial charge in [0.1, 0.15) is 5.82 Å². The lowest BCUT2D eigenvalue weighted by Crippen LogP contribution is -2.39. The predicted molar refractivity (Wildman–Crippen MR) is 128 cm³/mol. The van der Waals surface area contributed by atoms with E-state index in [1.165, 1.54) is 24.1 Å². The molecule has 1 atom stereocenters. The summed E-state index contributed by atoms with van der Waals surface area (Å²) >= 11 is 0. The summed E-state index contributed by atoms with van der Waals surface area (Å²) in [5, 5.41) is 2.49. The number of halogens is 1. The molecule has 2 amide bonds. The van der Waals surface area contributed by atoms with Crippen LogP contribution in [0.25, 0.3) is 11.0 Å². The molecule has 0 radical (unpaired) electrons. The van der Waals surface area contributed by atoms with Crippen LogP contribution in [0.3, 0.4) is 0 Å². The SMILES string of the molecule is COc1ccccc1Oc1ccc(NC(=O)C(=O)N2CCCC2c2nc3ccccc3[nH]2)cc1F. The number of likely N-dealkylation sites (tertiary alicyclic amines) is 1. The molecule has 1 aliphatic heterocycles. The Morgan fingerprint density at radius 3 is 2.60 bits per heavy atom. The van der Waals surface area contributed by atoms with Crippen LogP contribution in [-0.4, -0.2) is 40.3 Å². The molecular weight excluding hydrogens is 451 g/mol. The van der Waals surface area contributed by atoms with Gasteiger partial charge in [-0.2, -0.15) is 0 Å². The van der Waals surface area contributed by atoms with Gasteiger partial charge in [-0.3, -0.25) is 9.59 Å². The molecule has 2 heterocycles. The van der Waals surface area contributed by atoms with E-state index in [-0.39, 0.29) is 17.5 Å². The maximum atomic E-state index is 14.7. The van der Waals surface area contributed by atoms with Crippen LogP contribution in [0, 0.1) is 5.82 Å². The Hall–Kier alpha value is -4.40. The molecule has 8 nitrogen and oxygen atoms in total. The molecule has 0 aliphatic carbocycles. The zero-order valence-electron chi connectivity index (χ0n) is 19.0. The lowest BCUT2D eigenvalue weighted by molar-refractivity contribution is -0.143. The Kier molecular flexibility index (Phi) is 6.05. The molecule has 0 spiro atoms. The lowest BCUT2D eigenvalue weighted by Gasteiger charge is -2.22. The minimum Gasteiger partial charge on any atom is -0.493 e. The first-order chi connectivity index (χ1) is 17.0. The molecule has 0 bridgehead atoms. The molecule has 178 valence electrons. The monoisotopic (exact) mass is 474 g/mol.